The first-order valence-corrected chi connectivity index (χ1v) is 22.9. The van der Waals surface area contributed by atoms with E-state index in [-0.39, 0.29) is 63.3 Å². The summed E-state index contributed by atoms with van der Waals surface area (Å²) in [6.07, 6.45) is 2.57. The zero-order valence-electron chi connectivity index (χ0n) is 39.3. The number of nitrogens with one attached hydrogen (secondary N) is 7. The molecule has 0 spiro atoms. The van der Waals surface area contributed by atoms with Crippen LogP contribution in [-0.2, 0) is 62.4 Å². The number of hydrogen-bond acceptors (Lipinski definition) is 13. The molecule has 2 aromatic carbocycles. The van der Waals surface area contributed by atoms with Crippen LogP contribution in [0.3, 0.4) is 0 Å². The summed E-state index contributed by atoms with van der Waals surface area (Å²) in [6.45, 7) is 2.71. The number of aliphatic carboxylic acids is 2. The van der Waals surface area contributed by atoms with Gasteiger partial charge in [0, 0.05) is 44.2 Å². The molecule has 16 N–H and O–H groups in total. The molecule has 1 aliphatic rings. The Bertz CT molecular complexity index is 2340. The molecule has 25 heteroatoms. The number of aromatic hydroxyl groups is 1. The van der Waals surface area contributed by atoms with Crippen LogP contribution in [0, 0.1) is 5.92 Å². The topological polar surface area (TPSA) is 409 Å². The van der Waals surface area contributed by atoms with Gasteiger partial charge < -0.3 is 74.3 Å². The second-order valence-corrected chi connectivity index (χ2v) is 17.3. The molecule has 0 unspecified atom stereocenters. The van der Waals surface area contributed by atoms with Crippen LogP contribution in [-0.4, -0.2) is 151 Å². The van der Waals surface area contributed by atoms with E-state index in [1.807, 2.05) is 0 Å². The number of likely N-dealkylation sites (tertiary alicyclic amines) is 1. The Kier molecular flexibility index (Phi) is 21.3. The van der Waals surface area contributed by atoms with Gasteiger partial charge in [-0.25, -0.2) is 9.78 Å². The molecule has 384 valence electrons. The second-order valence-electron chi connectivity index (χ2n) is 17.3. The predicted octanol–water partition coefficient (Wildman–Crippen LogP) is -2.73. The molecule has 0 bridgehead atoms. The average Bonchev–Trinajstić information content (AvgIpc) is 4.04. The lowest BCUT2D eigenvalue weighted by molar-refractivity contribution is -0.144. The minimum absolute atomic E-state index is 0.000868. The third-order valence-electron chi connectivity index (χ3n) is 11.3. The molecule has 25 nitrogen and oxygen atoms in total. The summed E-state index contributed by atoms with van der Waals surface area (Å²) in [7, 11) is 0. The van der Waals surface area contributed by atoms with Gasteiger partial charge in [-0.3, -0.25) is 43.3 Å². The first kappa shape index (κ1) is 55.5. The van der Waals surface area contributed by atoms with Gasteiger partial charge >= 0.3 is 11.9 Å². The summed E-state index contributed by atoms with van der Waals surface area (Å²) in [5, 5.41) is 44.2. The molecule has 71 heavy (non-hydrogen) atoms. The first-order chi connectivity index (χ1) is 33.7. The molecule has 7 amide bonds. The van der Waals surface area contributed by atoms with Gasteiger partial charge in [-0.2, -0.15) is 0 Å². The van der Waals surface area contributed by atoms with Gasteiger partial charge in [0.05, 0.1) is 25.3 Å². The molecular weight excluding hydrogens is 927 g/mol. The number of carboxylic acids is 2. The van der Waals surface area contributed by atoms with Crippen molar-refractivity contribution >= 4 is 59.2 Å². The summed E-state index contributed by atoms with van der Waals surface area (Å²) < 4.78 is 0. The predicted molar refractivity (Wildman–Crippen MR) is 254 cm³/mol. The Balaban J connectivity index is 1.49. The minimum atomic E-state index is -1.50. The van der Waals surface area contributed by atoms with Crippen molar-refractivity contribution in [2.75, 3.05) is 19.6 Å². The summed E-state index contributed by atoms with van der Waals surface area (Å²) in [4.78, 5) is 131. The van der Waals surface area contributed by atoms with E-state index in [2.05, 4.69) is 46.9 Å². The van der Waals surface area contributed by atoms with Crippen molar-refractivity contribution in [2.24, 2.45) is 28.1 Å². The molecule has 1 aromatic heterocycles. The monoisotopic (exact) mass is 989 g/mol. The maximum Gasteiger partial charge on any atom is 0.326 e. The van der Waals surface area contributed by atoms with Gasteiger partial charge in [-0.1, -0.05) is 56.3 Å². The number of hydrogen-bond donors (Lipinski definition) is 13. The van der Waals surface area contributed by atoms with E-state index < -0.39 is 114 Å². The molecule has 0 saturated carbocycles. The molecule has 3 aromatic rings. The Morgan fingerprint density at radius 3 is 2.07 bits per heavy atom. The highest BCUT2D eigenvalue weighted by molar-refractivity contribution is 5.97. The zero-order valence-corrected chi connectivity index (χ0v) is 39.3. The van der Waals surface area contributed by atoms with Crippen molar-refractivity contribution in [3.8, 4) is 5.75 Å². The number of carbonyl (C=O) groups is 9. The molecule has 0 radical (unpaired) electrons. The van der Waals surface area contributed by atoms with Gasteiger partial charge in [0.1, 0.15) is 42.0 Å². The van der Waals surface area contributed by atoms with Crippen molar-refractivity contribution in [1.82, 2.24) is 46.8 Å². The van der Waals surface area contributed by atoms with Gasteiger partial charge in [0.15, 0.2) is 5.96 Å². The summed E-state index contributed by atoms with van der Waals surface area (Å²) in [5.41, 5.74) is 18.1. The number of H-pyrrole nitrogens is 1. The highest BCUT2D eigenvalue weighted by Crippen LogP contribution is 2.21. The van der Waals surface area contributed by atoms with Crippen LogP contribution in [0.4, 0.5) is 0 Å². The smallest absolute Gasteiger partial charge is 0.326 e. The number of phenols is 1. The van der Waals surface area contributed by atoms with E-state index in [1.54, 1.807) is 44.2 Å². The number of carboxylic acid groups (broad SMARTS) is 2. The number of aromatic amines is 1. The number of aromatic nitrogens is 2. The van der Waals surface area contributed by atoms with Crippen LogP contribution in [0.2, 0.25) is 0 Å². The highest BCUT2D eigenvalue weighted by atomic mass is 16.4. The second kappa shape index (κ2) is 27.2. The Hall–Kier alpha value is -8.09. The SMILES string of the molecule is CC(C)[C@H](NC(=O)[C@H](CCCN=C(N)N)NC(=O)[C@@H](N)CC(=O)O)C(=O)N[C@@H](Cc1ccc(O)cc1)C(=O)NCC(=O)N[C@@H](Cc1cnc[nH]1)C(=O)N1CCC[C@H]1C(=O)N[C@@H](Cc1ccccc1)C(=O)O. The molecule has 0 aliphatic carbocycles. The maximum atomic E-state index is 14.2. The van der Waals surface area contributed by atoms with Gasteiger partial charge in [-0.05, 0) is 54.9 Å². The van der Waals surface area contributed by atoms with E-state index in [9.17, 15) is 53.4 Å². The quantitative estimate of drug-likeness (QED) is 0.0210. The largest absolute Gasteiger partial charge is 0.508 e. The number of nitrogens with two attached hydrogens (primary N) is 3. The molecule has 1 fully saturated rings. The number of rotatable bonds is 27. The number of nitrogens with zero attached hydrogens (tertiary/aromatic N) is 3. The van der Waals surface area contributed by atoms with Gasteiger partial charge in [-0.15, -0.1) is 0 Å². The van der Waals surface area contributed by atoms with Crippen molar-refractivity contribution in [1.29, 1.82) is 0 Å². The van der Waals surface area contributed by atoms with E-state index in [0.29, 0.717) is 23.2 Å². The number of aliphatic imine (C=N–C) groups is 1. The number of imidazole rings is 1. The van der Waals surface area contributed by atoms with Crippen molar-refractivity contribution in [3.05, 3.63) is 83.9 Å². The van der Waals surface area contributed by atoms with Crippen LogP contribution >= 0.6 is 0 Å². The Morgan fingerprint density at radius 1 is 0.789 bits per heavy atom. The third kappa shape index (κ3) is 18.1. The van der Waals surface area contributed by atoms with E-state index in [0.717, 1.165) is 0 Å². The van der Waals surface area contributed by atoms with Crippen molar-refractivity contribution in [3.63, 3.8) is 0 Å². The molecule has 2 heterocycles. The van der Waals surface area contributed by atoms with E-state index in [1.165, 1.54) is 41.7 Å². The lowest BCUT2D eigenvalue weighted by atomic mass is 10.00. The summed E-state index contributed by atoms with van der Waals surface area (Å²) >= 11 is 0. The van der Waals surface area contributed by atoms with Crippen LogP contribution in [0.1, 0.15) is 62.8 Å². The van der Waals surface area contributed by atoms with Crippen molar-refractivity contribution in [2.45, 2.75) is 108 Å². The van der Waals surface area contributed by atoms with E-state index >= 15 is 0 Å². The number of guanidine groups is 1. The fourth-order valence-electron chi connectivity index (χ4n) is 7.63. The zero-order chi connectivity index (χ0) is 52.2. The minimum Gasteiger partial charge on any atom is -0.508 e. The molecule has 1 saturated heterocycles. The Labute approximate surface area is 408 Å². The van der Waals surface area contributed by atoms with Crippen LogP contribution < -0.4 is 49.1 Å². The Morgan fingerprint density at radius 2 is 1.45 bits per heavy atom. The normalized spacial score (nSPS) is 15.7. The molecular formula is C46H63N13O12. The number of benzene rings is 2. The fourth-order valence-corrected chi connectivity index (χ4v) is 7.63. The van der Waals surface area contributed by atoms with Gasteiger partial charge in [0.25, 0.3) is 0 Å². The highest BCUT2D eigenvalue weighted by Gasteiger charge is 2.39. The van der Waals surface area contributed by atoms with Crippen LogP contribution in [0.15, 0.2) is 72.1 Å². The maximum absolute atomic E-state index is 14.2. The number of amides is 7. The number of phenolic OH excluding ortho intramolecular Hbond substituents is 1. The van der Waals surface area contributed by atoms with Gasteiger partial charge in [0.2, 0.25) is 41.4 Å². The number of carbonyl (C=O) groups excluding carboxylic acids is 7. The lowest BCUT2D eigenvalue weighted by Gasteiger charge is -2.29. The van der Waals surface area contributed by atoms with Crippen LogP contribution in [0.25, 0.3) is 0 Å². The van der Waals surface area contributed by atoms with Crippen LogP contribution in [0.5, 0.6) is 5.75 Å². The standard InChI is InChI=1S/C46H63N13O12/c1-25(2)38(58-41(66)31(10-6-16-51-46(48)49)55-39(64)30(47)21-37(62)63)43(68)56-32(18-27-12-14-29(60)15-13-27)40(65)52-23-36(61)54-33(20-28-22-50-24-53-28)44(69)59-17-7-11-35(59)42(67)57-34(45(70)71)19-26-8-4-3-5-9-26/h3-5,8-9,12-15,22,24-25,30-35,38,60H,6-7,10-11,16-21,23,47H2,1-2H3,(H,50,53)(H,52,65)(H,54,61)(H,55,64)(H,56,68)(H,57,67)(H,58,66)(H,62,63)(H,70,71)(H4,48,49,51)/t30-,31-,32-,33-,34-,35-,38-/m0/s1. The first-order valence-electron chi connectivity index (χ1n) is 22.9. The molecule has 4 rings (SSSR count). The summed E-state index contributed by atoms with van der Waals surface area (Å²) in [6, 6.07) is 5.27. The van der Waals surface area contributed by atoms with Crippen molar-refractivity contribution < 1.29 is 58.5 Å². The summed E-state index contributed by atoms with van der Waals surface area (Å²) in [5.74, 6) is -9.16. The third-order valence-corrected chi connectivity index (χ3v) is 11.3. The molecule has 7 atom stereocenters. The average molecular weight is 990 g/mol. The van der Waals surface area contributed by atoms with E-state index in [4.69, 9.17) is 22.3 Å². The lowest BCUT2D eigenvalue weighted by Crippen LogP contribution is -2.60. The fraction of sp³-hybridized carbons (Fsp3) is 0.457. The molecule has 1 aliphatic heterocycles.